The SMILES string of the molecule is COC(=O)C1(C(=O)O)OC[C@@H](C(=O)N(CC(=O)OC(C)(C)C)[C@H](C)[C@H](CCc2ccccc2)c2ccc(Oc3ccccc3)cc2)O1. The summed E-state index contributed by atoms with van der Waals surface area (Å²) in [7, 11) is 0.985. The Hall–Kier alpha value is -4.74. The van der Waals surface area contributed by atoms with Gasteiger partial charge < -0.3 is 33.7 Å². The van der Waals surface area contributed by atoms with Crippen LogP contribution in [0, 0.1) is 0 Å². The molecule has 1 aliphatic heterocycles. The maximum Gasteiger partial charge on any atom is 0.379 e. The number of carboxylic acids is 1. The molecule has 1 N–H and O–H groups in total. The number of ether oxygens (including phenoxy) is 5. The first kappa shape index (κ1) is 35.1. The molecule has 0 bridgehead atoms. The van der Waals surface area contributed by atoms with Crippen LogP contribution in [0.15, 0.2) is 84.9 Å². The van der Waals surface area contributed by atoms with Crippen molar-refractivity contribution in [1.29, 1.82) is 0 Å². The molecule has 0 aliphatic carbocycles. The molecule has 250 valence electrons. The third-order valence-electron chi connectivity index (χ3n) is 7.71. The first-order valence-electron chi connectivity index (χ1n) is 15.4. The van der Waals surface area contributed by atoms with E-state index in [9.17, 15) is 24.3 Å². The Labute approximate surface area is 274 Å². The second-order valence-electron chi connectivity index (χ2n) is 12.2. The maximum absolute atomic E-state index is 14.1. The summed E-state index contributed by atoms with van der Waals surface area (Å²) in [6.07, 6.45) is -0.252. The molecule has 0 spiro atoms. The lowest BCUT2D eigenvalue weighted by atomic mass is 9.85. The van der Waals surface area contributed by atoms with Crippen molar-refractivity contribution in [1.82, 2.24) is 4.90 Å². The van der Waals surface area contributed by atoms with Gasteiger partial charge in [-0.1, -0.05) is 60.7 Å². The topological polar surface area (TPSA) is 138 Å². The van der Waals surface area contributed by atoms with E-state index in [-0.39, 0.29) is 5.92 Å². The smallest absolute Gasteiger partial charge is 0.379 e. The molecule has 1 fully saturated rings. The van der Waals surface area contributed by atoms with Crippen molar-refractivity contribution in [3.8, 4) is 11.5 Å². The number of aryl methyl sites for hydroxylation is 1. The first-order valence-corrected chi connectivity index (χ1v) is 15.4. The van der Waals surface area contributed by atoms with Crippen LogP contribution in [0.25, 0.3) is 0 Å². The lowest BCUT2D eigenvalue weighted by molar-refractivity contribution is -0.220. The second kappa shape index (κ2) is 15.2. The van der Waals surface area contributed by atoms with Crippen LogP contribution in [-0.2, 0) is 44.5 Å². The summed E-state index contributed by atoms with van der Waals surface area (Å²) in [6.45, 7) is 5.96. The zero-order chi connectivity index (χ0) is 34.2. The molecule has 3 aromatic carbocycles. The zero-order valence-electron chi connectivity index (χ0n) is 27.2. The first-order chi connectivity index (χ1) is 22.3. The number of amides is 1. The summed E-state index contributed by atoms with van der Waals surface area (Å²) < 4.78 is 26.8. The zero-order valence-corrected chi connectivity index (χ0v) is 27.2. The van der Waals surface area contributed by atoms with Crippen molar-refractivity contribution in [2.24, 2.45) is 0 Å². The molecule has 0 radical (unpaired) electrons. The number of rotatable bonds is 13. The van der Waals surface area contributed by atoms with E-state index in [4.69, 9.17) is 18.9 Å². The van der Waals surface area contributed by atoms with Crippen molar-refractivity contribution >= 4 is 23.8 Å². The standard InChI is InChI=1S/C36H41NO10/c1-24(37(22-31(38)47-35(2,3)4)32(39)30-23-44-36(46-30,33(40)41)34(42)43-5)29(21-16-25-12-8-6-9-13-25)26-17-19-28(20-18-26)45-27-14-10-7-11-15-27/h6-15,17-20,24,29-30H,16,21-23H2,1-5H3,(H,40,41)/t24-,29+,30+,36?/m1/s1. The highest BCUT2D eigenvalue weighted by Crippen LogP contribution is 2.33. The lowest BCUT2D eigenvalue weighted by Gasteiger charge is -2.36. The minimum Gasteiger partial charge on any atom is -0.477 e. The van der Waals surface area contributed by atoms with Gasteiger partial charge in [-0.15, -0.1) is 0 Å². The van der Waals surface area contributed by atoms with E-state index in [0.717, 1.165) is 18.2 Å². The Bertz CT molecular complexity index is 1520. The molecule has 11 nitrogen and oxygen atoms in total. The van der Waals surface area contributed by atoms with Gasteiger partial charge in [0.2, 0.25) is 0 Å². The predicted octanol–water partition coefficient (Wildman–Crippen LogP) is 5.12. The van der Waals surface area contributed by atoms with Gasteiger partial charge in [-0.05, 0) is 75.9 Å². The molecular weight excluding hydrogens is 606 g/mol. The molecule has 1 heterocycles. The average molecular weight is 648 g/mol. The van der Waals surface area contributed by atoms with Crippen molar-refractivity contribution < 1.29 is 48.0 Å². The van der Waals surface area contributed by atoms with E-state index in [1.807, 2.05) is 91.9 Å². The number of carboxylic acid groups (broad SMARTS) is 1. The van der Waals surface area contributed by atoms with Crippen LogP contribution in [0.5, 0.6) is 11.5 Å². The number of benzene rings is 3. The van der Waals surface area contributed by atoms with Gasteiger partial charge in [0.05, 0.1) is 13.7 Å². The molecule has 3 aromatic rings. The Balaban J connectivity index is 1.67. The van der Waals surface area contributed by atoms with Gasteiger partial charge in [0.15, 0.2) is 6.10 Å². The van der Waals surface area contributed by atoms with Gasteiger partial charge in [-0.25, -0.2) is 9.59 Å². The molecule has 47 heavy (non-hydrogen) atoms. The Kier molecular flexibility index (Phi) is 11.4. The minimum absolute atomic E-state index is 0.306. The quantitative estimate of drug-likeness (QED) is 0.196. The molecule has 4 rings (SSSR count). The largest absolute Gasteiger partial charge is 0.477 e. The minimum atomic E-state index is -2.81. The fraction of sp³-hybridized carbons (Fsp3) is 0.389. The Morgan fingerprint density at radius 2 is 1.53 bits per heavy atom. The van der Waals surface area contributed by atoms with Crippen molar-refractivity contribution in [2.75, 3.05) is 20.3 Å². The Morgan fingerprint density at radius 3 is 2.11 bits per heavy atom. The monoisotopic (exact) mass is 647 g/mol. The van der Waals surface area contributed by atoms with Crippen molar-refractivity contribution in [3.63, 3.8) is 0 Å². The average Bonchev–Trinajstić information content (AvgIpc) is 3.51. The van der Waals surface area contributed by atoms with Crippen molar-refractivity contribution in [2.45, 2.75) is 70.0 Å². The van der Waals surface area contributed by atoms with E-state index in [1.165, 1.54) is 4.90 Å². The third kappa shape index (κ3) is 8.96. The van der Waals surface area contributed by atoms with Crippen LogP contribution in [0.2, 0.25) is 0 Å². The van der Waals surface area contributed by atoms with Crippen molar-refractivity contribution in [3.05, 3.63) is 96.1 Å². The van der Waals surface area contributed by atoms with E-state index >= 15 is 0 Å². The van der Waals surface area contributed by atoms with Gasteiger partial charge in [-0.3, -0.25) is 9.59 Å². The summed E-state index contributed by atoms with van der Waals surface area (Å²) in [4.78, 5) is 53.0. The van der Waals surface area contributed by atoms with Gasteiger partial charge in [0, 0.05) is 12.0 Å². The van der Waals surface area contributed by atoms with Crippen LogP contribution >= 0.6 is 0 Å². The molecule has 1 saturated heterocycles. The number of esters is 2. The van der Waals surface area contributed by atoms with Crippen LogP contribution in [0.4, 0.5) is 0 Å². The summed E-state index contributed by atoms with van der Waals surface area (Å²) >= 11 is 0. The normalized spacial score (nSPS) is 18.9. The summed E-state index contributed by atoms with van der Waals surface area (Å²) in [5.74, 6) is -6.27. The molecule has 1 aliphatic rings. The third-order valence-corrected chi connectivity index (χ3v) is 7.71. The fourth-order valence-electron chi connectivity index (χ4n) is 5.42. The fourth-order valence-corrected chi connectivity index (χ4v) is 5.42. The maximum atomic E-state index is 14.1. The number of carbonyl (C=O) groups is 4. The number of nitrogens with zero attached hydrogens (tertiary/aromatic N) is 1. The number of hydrogen-bond donors (Lipinski definition) is 1. The molecule has 1 amide bonds. The van der Waals surface area contributed by atoms with E-state index < -0.39 is 60.5 Å². The number of hydrogen-bond acceptors (Lipinski definition) is 9. The summed E-state index contributed by atoms with van der Waals surface area (Å²) in [6, 6.07) is 26.2. The predicted molar refractivity (Wildman–Crippen MR) is 171 cm³/mol. The van der Waals surface area contributed by atoms with E-state index in [2.05, 4.69) is 4.74 Å². The Morgan fingerprint density at radius 1 is 0.936 bits per heavy atom. The van der Waals surface area contributed by atoms with Gasteiger partial charge in [0.1, 0.15) is 23.6 Å². The van der Waals surface area contributed by atoms with Crippen LogP contribution in [0.1, 0.15) is 51.2 Å². The number of para-hydroxylation sites is 1. The van der Waals surface area contributed by atoms with Gasteiger partial charge in [-0.2, -0.15) is 0 Å². The van der Waals surface area contributed by atoms with Crippen LogP contribution in [-0.4, -0.2) is 77.6 Å². The molecular formula is C36H41NO10. The van der Waals surface area contributed by atoms with E-state index in [1.54, 1.807) is 20.8 Å². The number of methoxy groups -OCH3 is 1. The molecule has 11 heteroatoms. The number of aliphatic carboxylic acids is 1. The van der Waals surface area contributed by atoms with Crippen LogP contribution in [0.3, 0.4) is 0 Å². The van der Waals surface area contributed by atoms with Gasteiger partial charge in [0.25, 0.3) is 5.91 Å². The lowest BCUT2D eigenvalue weighted by Crippen LogP contribution is -2.53. The second-order valence-corrected chi connectivity index (χ2v) is 12.2. The summed E-state index contributed by atoms with van der Waals surface area (Å²) in [5, 5.41) is 9.76. The molecule has 0 saturated carbocycles. The molecule has 0 aromatic heterocycles. The molecule has 1 unspecified atom stereocenters. The molecule has 4 atom stereocenters. The summed E-state index contributed by atoms with van der Waals surface area (Å²) in [5.41, 5.74) is 1.15. The highest BCUT2D eigenvalue weighted by Gasteiger charge is 2.59. The number of carbonyl (C=O) groups excluding carboxylic acids is 3. The highest BCUT2D eigenvalue weighted by atomic mass is 16.8. The van der Waals surface area contributed by atoms with E-state index in [0.29, 0.717) is 24.3 Å². The highest BCUT2D eigenvalue weighted by molar-refractivity contribution is 6.02. The van der Waals surface area contributed by atoms with Gasteiger partial charge >= 0.3 is 23.7 Å². The van der Waals surface area contributed by atoms with Crippen LogP contribution < -0.4 is 4.74 Å².